The van der Waals surface area contributed by atoms with E-state index in [4.69, 9.17) is 0 Å². The first-order valence-corrected chi connectivity index (χ1v) is 6.30. The Kier molecular flexibility index (Phi) is 3.65. The summed E-state index contributed by atoms with van der Waals surface area (Å²) < 4.78 is 0. The van der Waals surface area contributed by atoms with Crippen LogP contribution < -0.4 is 0 Å². The van der Waals surface area contributed by atoms with Crippen LogP contribution in [0.3, 0.4) is 0 Å². The Morgan fingerprint density at radius 1 is 1.05 bits per heavy atom. The minimum Gasteiger partial charge on any atom is -0.258 e. The molecule has 0 aliphatic heterocycles. The number of benzene rings is 2. The molecule has 0 saturated carbocycles. The minimum atomic E-state index is -0.369. The molecule has 0 aromatic heterocycles. The van der Waals surface area contributed by atoms with Crippen molar-refractivity contribution in [2.45, 2.75) is 26.7 Å². The molecule has 0 aliphatic carbocycles. The maximum absolute atomic E-state index is 10.6. The molecule has 19 heavy (non-hydrogen) atoms. The predicted molar refractivity (Wildman–Crippen MR) is 76.5 cm³/mol. The van der Waals surface area contributed by atoms with E-state index in [-0.39, 0.29) is 16.5 Å². The second kappa shape index (κ2) is 5.22. The standard InChI is InChI=1S/C16H17NO2/c1-11-4-9-16(12(2)10-11)13(3)14-5-7-15(8-6-14)17(18)19/h4-10,13H,1-3H3. The van der Waals surface area contributed by atoms with E-state index < -0.39 is 0 Å². The lowest BCUT2D eigenvalue weighted by atomic mass is 9.89. The fraction of sp³-hybridized carbons (Fsp3) is 0.250. The number of nitro benzene ring substituents is 1. The Morgan fingerprint density at radius 3 is 2.21 bits per heavy atom. The molecule has 1 atom stereocenters. The van der Waals surface area contributed by atoms with Gasteiger partial charge in [-0.3, -0.25) is 10.1 Å². The van der Waals surface area contributed by atoms with E-state index in [2.05, 4.69) is 39.0 Å². The van der Waals surface area contributed by atoms with Gasteiger partial charge in [0.1, 0.15) is 0 Å². The lowest BCUT2D eigenvalue weighted by molar-refractivity contribution is -0.384. The van der Waals surface area contributed by atoms with Crippen molar-refractivity contribution in [2.75, 3.05) is 0 Å². The summed E-state index contributed by atoms with van der Waals surface area (Å²) in [7, 11) is 0. The molecule has 2 aromatic rings. The molecule has 0 N–H and O–H groups in total. The fourth-order valence-electron chi connectivity index (χ4n) is 2.38. The van der Waals surface area contributed by atoms with Crippen LogP contribution in [0, 0.1) is 24.0 Å². The molecule has 0 fully saturated rings. The molecule has 0 spiro atoms. The van der Waals surface area contributed by atoms with E-state index in [9.17, 15) is 10.1 Å². The molecule has 98 valence electrons. The molecule has 0 bridgehead atoms. The second-order valence-electron chi connectivity index (χ2n) is 4.93. The molecular weight excluding hydrogens is 238 g/mol. The molecule has 0 radical (unpaired) electrons. The zero-order valence-corrected chi connectivity index (χ0v) is 11.4. The number of non-ortho nitro benzene ring substituents is 1. The largest absolute Gasteiger partial charge is 0.269 e. The molecule has 3 heteroatoms. The predicted octanol–water partition coefficient (Wildman–Crippen LogP) is 4.36. The smallest absolute Gasteiger partial charge is 0.258 e. The molecule has 0 heterocycles. The number of rotatable bonds is 3. The van der Waals surface area contributed by atoms with Crippen LogP contribution >= 0.6 is 0 Å². The van der Waals surface area contributed by atoms with Gasteiger partial charge >= 0.3 is 0 Å². The second-order valence-corrected chi connectivity index (χ2v) is 4.93. The summed E-state index contributed by atoms with van der Waals surface area (Å²) >= 11 is 0. The van der Waals surface area contributed by atoms with E-state index in [0.29, 0.717) is 0 Å². The SMILES string of the molecule is Cc1ccc(C(C)c2ccc([N+](=O)[O-])cc2)c(C)c1. The van der Waals surface area contributed by atoms with E-state index in [1.807, 2.05) is 12.1 Å². The van der Waals surface area contributed by atoms with E-state index in [1.54, 1.807) is 12.1 Å². The lowest BCUT2D eigenvalue weighted by Gasteiger charge is -2.15. The molecule has 2 aromatic carbocycles. The molecule has 2 rings (SSSR count). The quantitative estimate of drug-likeness (QED) is 0.604. The Balaban J connectivity index is 2.33. The van der Waals surface area contributed by atoms with E-state index in [0.717, 1.165) is 5.56 Å². The van der Waals surface area contributed by atoms with Gasteiger partial charge in [0.2, 0.25) is 0 Å². The van der Waals surface area contributed by atoms with Crippen LogP contribution in [0.1, 0.15) is 35.1 Å². The van der Waals surface area contributed by atoms with Crippen LogP contribution in [0.4, 0.5) is 5.69 Å². The summed E-state index contributed by atoms with van der Waals surface area (Å²) in [5, 5.41) is 10.6. The Labute approximate surface area is 113 Å². The molecule has 1 unspecified atom stereocenters. The average Bonchev–Trinajstić information content (AvgIpc) is 2.38. The van der Waals surface area contributed by atoms with Gasteiger partial charge in [0, 0.05) is 18.1 Å². The third kappa shape index (κ3) is 2.81. The van der Waals surface area contributed by atoms with Crippen molar-refractivity contribution in [3.63, 3.8) is 0 Å². The number of hydrogen-bond acceptors (Lipinski definition) is 2. The van der Waals surface area contributed by atoms with Crippen molar-refractivity contribution in [2.24, 2.45) is 0 Å². The van der Waals surface area contributed by atoms with Crippen molar-refractivity contribution < 1.29 is 4.92 Å². The number of nitrogens with zero attached hydrogens (tertiary/aromatic N) is 1. The first kappa shape index (κ1) is 13.3. The molecular formula is C16H17NO2. The highest BCUT2D eigenvalue weighted by Crippen LogP contribution is 2.28. The lowest BCUT2D eigenvalue weighted by Crippen LogP contribution is -1.99. The van der Waals surface area contributed by atoms with Crippen molar-refractivity contribution in [1.82, 2.24) is 0 Å². The summed E-state index contributed by atoms with van der Waals surface area (Å²) in [6.07, 6.45) is 0. The van der Waals surface area contributed by atoms with Gasteiger partial charge in [-0.15, -0.1) is 0 Å². The van der Waals surface area contributed by atoms with Gasteiger partial charge in [0.25, 0.3) is 5.69 Å². The van der Waals surface area contributed by atoms with Gasteiger partial charge < -0.3 is 0 Å². The Hall–Kier alpha value is -2.16. The topological polar surface area (TPSA) is 43.1 Å². The summed E-state index contributed by atoms with van der Waals surface area (Å²) in [6.45, 7) is 6.30. The summed E-state index contributed by atoms with van der Waals surface area (Å²) in [5.74, 6) is 0.237. The van der Waals surface area contributed by atoms with Crippen LogP contribution in [0.15, 0.2) is 42.5 Å². The number of nitro groups is 1. The number of aryl methyl sites for hydroxylation is 2. The van der Waals surface area contributed by atoms with Crippen molar-refractivity contribution in [1.29, 1.82) is 0 Å². The van der Waals surface area contributed by atoms with Gasteiger partial charge in [-0.25, -0.2) is 0 Å². The van der Waals surface area contributed by atoms with E-state index in [1.165, 1.54) is 16.7 Å². The molecule has 0 saturated heterocycles. The summed E-state index contributed by atoms with van der Waals surface area (Å²) in [4.78, 5) is 10.3. The highest BCUT2D eigenvalue weighted by Gasteiger charge is 2.12. The summed E-state index contributed by atoms with van der Waals surface area (Å²) in [5.41, 5.74) is 5.00. The molecule has 0 aliphatic rings. The van der Waals surface area contributed by atoms with Gasteiger partial charge in [0.05, 0.1) is 4.92 Å². The normalized spacial score (nSPS) is 12.2. The zero-order valence-electron chi connectivity index (χ0n) is 11.4. The first-order valence-electron chi connectivity index (χ1n) is 6.30. The Morgan fingerprint density at radius 2 is 1.68 bits per heavy atom. The Bertz CT molecular complexity index is 603. The average molecular weight is 255 g/mol. The molecule has 0 amide bonds. The third-order valence-corrected chi connectivity index (χ3v) is 3.50. The van der Waals surface area contributed by atoms with Crippen LogP contribution in [0.25, 0.3) is 0 Å². The van der Waals surface area contributed by atoms with Crippen LogP contribution in [0.5, 0.6) is 0 Å². The molecule has 3 nitrogen and oxygen atoms in total. The van der Waals surface area contributed by atoms with Gasteiger partial charge in [-0.1, -0.05) is 42.8 Å². The van der Waals surface area contributed by atoms with Crippen molar-refractivity contribution in [3.05, 3.63) is 74.8 Å². The van der Waals surface area contributed by atoms with Crippen molar-refractivity contribution in [3.8, 4) is 0 Å². The zero-order chi connectivity index (χ0) is 14.0. The highest BCUT2D eigenvalue weighted by molar-refractivity contribution is 5.41. The summed E-state index contributed by atoms with van der Waals surface area (Å²) in [6, 6.07) is 13.2. The fourth-order valence-corrected chi connectivity index (χ4v) is 2.38. The number of hydrogen-bond donors (Lipinski definition) is 0. The van der Waals surface area contributed by atoms with Crippen LogP contribution in [-0.4, -0.2) is 4.92 Å². The maximum Gasteiger partial charge on any atom is 0.269 e. The van der Waals surface area contributed by atoms with Gasteiger partial charge in [-0.2, -0.15) is 0 Å². The third-order valence-electron chi connectivity index (χ3n) is 3.50. The maximum atomic E-state index is 10.6. The minimum absolute atomic E-state index is 0.136. The highest BCUT2D eigenvalue weighted by atomic mass is 16.6. The van der Waals surface area contributed by atoms with Gasteiger partial charge in [0.15, 0.2) is 0 Å². The van der Waals surface area contributed by atoms with Crippen molar-refractivity contribution >= 4 is 5.69 Å². The van der Waals surface area contributed by atoms with Gasteiger partial charge in [-0.05, 0) is 30.5 Å². The van der Waals surface area contributed by atoms with Crippen LogP contribution in [0.2, 0.25) is 0 Å². The first-order chi connectivity index (χ1) is 8.99. The monoisotopic (exact) mass is 255 g/mol. The van der Waals surface area contributed by atoms with Crippen LogP contribution in [-0.2, 0) is 0 Å². The van der Waals surface area contributed by atoms with E-state index >= 15 is 0 Å².